The van der Waals surface area contributed by atoms with Crippen molar-refractivity contribution < 1.29 is 29.3 Å². The van der Waals surface area contributed by atoms with Crippen molar-refractivity contribution in [2.24, 2.45) is 17.6 Å². The van der Waals surface area contributed by atoms with Gasteiger partial charge in [0.25, 0.3) is 0 Å². The van der Waals surface area contributed by atoms with Gasteiger partial charge in [0.1, 0.15) is 6.10 Å². The maximum Gasteiger partial charge on any atom is 0.330 e. The van der Waals surface area contributed by atoms with Gasteiger partial charge < -0.3 is 26.0 Å². The summed E-state index contributed by atoms with van der Waals surface area (Å²) in [6.45, 7) is 9.56. The zero-order valence-electron chi connectivity index (χ0n) is 25.1. The first-order valence-electron chi connectivity index (χ1n) is 14.2. The minimum atomic E-state index is -1.07. The Morgan fingerprint density at radius 2 is 1.85 bits per heavy atom. The lowest BCUT2D eigenvalue weighted by atomic mass is 9.94. The number of cyclic esters (lactones) is 1. The number of aliphatic hydroxyl groups is 2. The Hall–Kier alpha value is -3.49. The Bertz CT molecular complexity index is 1080. The van der Waals surface area contributed by atoms with Crippen LogP contribution in [0.15, 0.2) is 83.7 Å². The summed E-state index contributed by atoms with van der Waals surface area (Å²) in [7, 11) is 0. The summed E-state index contributed by atoms with van der Waals surface area (Å²) in [5.41, 5.74) is 8.33. The van der Waals surface area contributed by atoms with Crippen LogP contribution in [0.5, 0.6) is 0 Å². The van der Waals surface area contributed by atoms with E-state index in [2.05, 4.69) is 5.32 Å². The van der Waals surface area contributed by atoms with Crippen molar-refractivity contribution >= 4 is 17.8 Å². The van der Waals surface area contributed by atoms with Crippen molar-refractivity contribution in [1.82, 2.24) is 5.32 Å². The van der Waals surface area contributed by atoms with Crippen molar-refractivity contribution in [1.29, 1.82) is 0 Å². The highest BCUT2D eigenvalue weighted by Gasteiger charge is 2.22. The van der Waals surface area contributed by atoms with Crippen molar-refractivity contribution in [3.05, 3.63) is 83.7 Å². The number of hydrogen-bond donors (Lipinski definition) is 4. The van der Waals surface area contributed by atoms with E-state index < -0.39 is 36.1 Å². The minimum absolute atomic E-state index is 0.115. The zero-order valence-corrected chi connectivity index (χ0v) is 25.1. The van der Waals surface area contributed by atoms with Crippen LogP contribution in [-0.4, -0.2) is 46.3 Å². The molecule has 0 saturated carbocycles. The second kappa shape index (κ2) is 19.6. The predicted octanol–water partition coefficient (Wildman–Crippen LogP) is 4.87. The Labute approximate surface area is 245 Å². The van der Waals surface area contributed by atoms with Gasteiger partial charge in [-0.15, -0.1) is 0 Å². The third-order valence-electron chi connectivity index (χ3n) is 6.49. The summed E-state index contributed by atoms with van der Waals surface area (Å²) in [6.07, 6.45) is 19.4. The van der Waals surface area contributed by atoms with Crippen LogP contribution in [0.3, 0.4) is 0 Å². The first-order chi connectivity index (χ1) is 19.4. The van der Waals surface area contributed by atoms with E-state index in [1.54, 1.807) is 18.4 Å². The number of rotatable bonds is 6. The van der Waals surface area contributed by atoms with E-state index in [-0.39, 0.29) is 11.8 Å². The van der Waals surface area contributed by atoms with Crippen LogP contribution in [0.25, 0.3) is 0 Å². The molecule has 0 aromatic rings. The molecule has 5 atom stereocenters. The monoisotopic (exact) mass is 568 g/mol. The highest BCUT2D eigenvalue weighted by Crippen LogP contribution is 2.21. The topological polar surface area (TPSA) is 139 Å². The number of carbonyl (C=O) groups excluding carboxylic acids is 3. The van der Waals surface area contributed by atoms with E-state index in [0.717, 1.165) is 16.7 Å². The highest BCUT2D eigenvalue weighted by molar-refractivity contribution is 5.88. The molecule has 41 heavy (non-hydrogen) atoms. The molecule has 2 amide bonds. The van der Waals surface area contributed by atoms with Gasteiger partial charge in [-0.05, 0) is 65.9 Å². The standard InChI is InChI=1S/C33H48N2O6/c1-23(2)20-31(38)35-19-18-25(4)21-26(5)30-22-24(3)12-8-6-10-14-28(33(34)40)29(37)17-16-27(36)13-9-7-11-15-32(39)41-30/h6,8,11-12,15-21,26-30,36-37H,7,9-10,13-14,22H2,1-5H3,(H2,34,40)(H,35,38). The third kappa shape index (κ3) is 16.4. The molecule has 0 aromatic heterocycles. The second-order valence-electron chi connectivity index (χ2n) is 10.8. The Morgan fingerprint density at radius 3 is 2.54 bits per heavy atom. The van der Waals surface area contributed by atoms with Gasteiger partial charge in [0.05, 0.1) is 18.1 Å². The number of aliphatic hydroxyl groups excluding tert-OH is 2. The molecule has 226 valence electrons. The number of allylic oxidation sites excluding steroid dienone is 7. The molecule has 0 spiro atoms. The molecule has 1 aliphatic heterocycles. The molecule has 0 aromatic carbocycles. The van der Waals surface area contributed by atoms with Gasteiger partial charge >= 0.3 is 5.97 Å². The molecule has 5 unspecified atom stereocenters. The van der Waals surface area contributed by atoms with Crippen molar-refractivity contribution in [2.45, 2.75) is 91.5 Å². The number of primary amides is 1. The number of nitrogens with one attached hydrogen (secondary N) is 1. The molecule has 0 radical (unpaired) electrons. The van der Waals surface area contributed by atoms with Gasteiger partial charge in [0.2, 0.25) is 11.8 Å². The highest BCUT2D eigenvalue weighted by atomic mass is 16.5. The lowest BCUT2D eigenvalue weighted by Gasteiger charge is -2.22. The summed E-state index contributed by atoms with van der Waals surface area (Å²) in [4.78, 5) is 36.3. The second-order valence-corrected chi connectivity index (χ2v) is 10.8. The van der Waals surface area contributed by atoms with Crippen LogP contribution in [0.2, 0.25) is 0 Å². The number of amides is 2. The predicted molar refractivity (Wildman–Crippen MR) is 163 cm³/mol. The van der Waals surface area contributed by atoms with Crippen LogP contribution in [-0.2, 0) is 19.1 Å². The van der Waals surface area contributed by atoms with E-state index in [9.17, 15) is 24.6 Å². The molecule has 8 heteroatoms. The minimum Gasteiger partial charge on any atom is -0.458 e. The summed E-state index contributed by atoms with van der Waals surface area (Å²) in [5, 5.41) is 23.3. The molecule has 1 rings (SSSR count). The fraction of sp³-hybridized carbons (Fsp3) is 0.485. The molecular weight excluding hydrogens is 520 g/mol. The quantitative estimate of drug-likeness (QED) is 0.156. The summed E-state index contributed by atoms with van der Waals surface area (Å²) in [5.74, 6) is -2.09. The summed E-state index contributed by atoms with van der Waals surface area (Å²) < 4.78 is 5.85. The fourth-order valence-corrected chi connectivity index (χ4v) is 4.23. The van der Waals surface area contributed by atoms with Crippen LogP contribution < -0.4 is 11.1 Å². The first-order valence-corrected chi connectivity index (χ1v) is 14.2. The average Bonchev–Trinajstić information content (AvgIpc) is 2.87. The molecule has 0 fully saturated rings. The van der Waals surface area contributed by atoms with Crippen LogP contribution in [0.4, 0.5) is 0 Å². The van der Waals surface area contributed by atoms with Crippen LogP contribution in [0, 0.1) is 11.8 Å². The summed E-state index contributed by atoms with van der Waals surface area (Å²) in [6, 6.07) is 0. The lowest BCUT2D eigenvalue weighted by molar-refractivity contribution is -0.144. The fourth-order valence-electron chi connectivity index (χ4n) is 4.23. The Balaban J connectivity index is 3.09. The van der Waals surface area contributed by atoms with E-state index in [4.69, 9.17) is 10.5 Å². The molecule has 1 aliphatic rings. The molecule has 8 nitrogen and oxygen atoms in total. The molecule has 5 N–H and O–H groups in total. The van der Waals surface area contributed by atoms with Crippen LogP contribution >= 0.6 is 0 Å². The maximum atomic E-state index is 12.6. The van der Waals surface area contributed by atoms with Gasteiger partial charge in [-0.1, -0.05) is 66.2 Å². The summed E-state index contributed by atoms with van der Waals surface area (Å²) >= 11 is 0. The number of ether oxygens (including phenoxy) is 1. The average molecular weight is 569 g/mol. The smallest absolute Gasteiger partial charge is 0.330 e. The Morgan fingerprint density at radius 1 is 1.12 bits per heavy atom. The number of esters is 1. The molecule has 0 bridgehead atoms. The maximum absolute atomic E-state index is 12.6. The van der Waals surface area contributed by atoms with Gasteiger partial charge in [0.15, 0.2) is 0 Å². The first kappa shape index (κ1) is 35.5. The van der Waals surface area contributed by atoms with Crippen molar-refractivity contribution in [3.8, 4) is 0 Å². The molecule has 1 heterocycles. The van der Waals surface area contributed by atoms with Gasteiger partial charge in [-0.3, -0.25) is 9.59 Å². The van der Waals surface area contributed by atoms with E-state index in [0.29, 0.717) is 38.5 Å². The van der Waals surface area contributed by atoms with Crippen molar-refractivity contribution in [2.75, 3.05) is 0 Å². The molecular formula is C33H48N2O6. The largest absolute Gasteiger partial charge is 0.458 e. The number of carbonyl (C=O) groups is 3. The molecule has 0 aliphatic carbocycles. The van der Waals surface area contributed by atoms with E-state index in [1.807, 2.05) is 58.9 Å². The van der Waals surface area contributed by atoms with Gasteiger partial charge in [-0.2, -0.15) is 0 Å². The molecule has 0 saturated heterocycles. The van der Waals surface area contributed by atoms with Crippen molar-refractivity contribution in [3.63, 3.8) is 0 Å². The van der Waals surface area contributed by atoms with E-state index in [1.165, 1.54) is 24.3 Å². The van der Waals surface area contributed by atoms with Crippen LogP contribution in [0.1, 0.15) is 73.1 Å². The SMILES string of the molecule is CC(C)=CC(=O)NC=CC(C)=CC(C)C1CC(C)=CC=CCCC(C(N)=O)C(O)C=CC(O)CCCC=CC(=O)O1. The lowest BCUT2D eigenvalue weighted by Crippen LogP contribution is -2.32. The Kier molecular flexibility index (Phi) is 17.0. The zero-order chi connectivity index (χ0) is 30.8. The van der Waals surface area contributed by atoms with Gasteiger partial charge in [-0.25, -0.2) is 4.79 Å². The van der Waals surface area contributed by atoms with E-state index >= 15 is 0 Å². The van der Waals surface area contributed by atoms with Gasteiger partial charge in [0, 0.05) is 30.7 Å². The normalized spacial score (nSPS) is 24.7. The third-order valence-corrected chi connectivity index (χ3v) is 6.49. The number of nitrogens with two attached hydrogens (primary N) is 1. The number of hydrogen-bond acceptors (Lipinski definition) is 6.